The molecule has 0 bridgehead atoms. The molecule has 1 aromatic heterocycles. The molecule has 2 N–H and O–H groups in total. The second-order valence-electron chi connectivity index (χ2n) is 3.60. The summed E-state index contributed by atoms with van der Waals surface area (Å²) in [6.07, 6.45) is 0. The van der Waals surface area contributed by atoms with Crippen LogP contribution in [0.4, 0.5) is 5.82 Å². The van der Waals surface area contributed by atoms with Crippen molar-refractivity contribution in [2.75, 3.05) is 12.8 Å². The van der Waals surface area contributed by atoms with Crippen LogP contribution >= 0.6 is 0 Å². The third-order valence-corrected chi connectivity index (χ3v) is 2.51. The van der Waals surface area contributed by atoms with E-state index in [0.29, 0.717) is 5.82 Å². The molecule has 0 aliphatic carbocycles. The summed E-state index contributed by atoms with van der Waals surface area (Å²) in [5.74, 6) is 1.40. The molecule has 0 unspecified atom stereocenters. The van der Waals surface area contributed by atoms with Gasteiger partial charge in [0, 0.05) is 11.3 Å². The Hall–Kier alpha value is -2.03. The summed E-state index contributed by atoms with van der Waals surface area (Å²) in [5.41, 5.74) is 8.77. The molecule has 0 aliphatic rings. The summed E-state index contributed by atoms with van der Waals surface area (Å²) in [7, 11) is 1.66. The van der Waals surface area contributed by atoms with Gasteiger partial charge < -0.3 is 10.5 Å². The summed E-state index contributed by atoms with van der Waals surface area (Å²) in [6.45, 7) is 1.95. The van der Waals surface area contributed by atoms with Crippen LogP contribution in [0, 0.1) is 6.92 Å². The zero-order valence-electron chi connectivity index (χ0n) is 9.40. The van der Waals surface area contributed by atoms with Gasteiger partial charge in [0.25, 0.3) is 0 Å². The highest BCUT2D eigenvalue weighted by Gasteiger charge is 2.03. The molecule has 16 heavy (non-hydrogen) atoms. The van der Waals surface area contributed by atoms with Gasteiger partial charge >= 0.3 is 0 Å². The van der Waals surface area contributed by atoms with Crippen molar-refractivity contribution in [3.63, 3.8) is 0 Å². The molecule has 0 atom stereocenters. The maximum Gasteiger partial charge on any atom is 0.123 e. The summed E-state index contributed by atoms with van der Waals surface area (Å²) in [4.78, 5) is 4.24. The van der Waals surface area contributed by atoms with Crippen molar-refractivity contribution in [1.29, 1.82) is 0 Å². The lowest BCUT2D eigenvalue weighted by Crippen LogP contribution is -1.94. The Kier molecular flexibility index (Phi) is 2.77. The highest BCUT2D eigenvalue weighted by molar-refractivity contribution is 5.67. The number of methoxy groups -OCH3 is 1. The first kappa shape index (κ1) is 10.5. The van der Waals surface area contributed by atoms with Crippen LogP contribution in [0.3, 0.4) is 0 Å². The Morgan fingerprint density at radius 2 is 1.75 bits per heavy atom. The lowest BCUT2D eigenvalue weighted by Gasteiger charge is -2.07. The zero-order valence-corrected chi connectivity index (χ0v) is 9.40. The Labute approximate surface area is 94.9 Å². The monoisotopic (exact) mass is 214 g/mol. The van der Waals surface area contributed by atoms with E-state index in [1.54, 1.807) is 7.11 Å². The maximum atomic E-state index is 5.62. The average Bonchev–Trinajstić information content (AvgIpc) is 2.29. The van der Waals surface area contributed by atoms with Gasteiger partial charge in [-0.15, -0.1) is 0 Å². The molecule has 3 heteroatoms. The highest BCUT2D eigenvalue weighted by Crippen LogP contribution is 2.24. The second kappa shape index (κ2) is 4.23. The van der Waals surface area contributed by atoms with Gasteiger partial charge in [-0.1, -0.05) is 12.1 Å². The molecule has 2 aromatic rings. The van der Waals surface area contributed by atoms with E-state index >= 15 is 0 Å². The number of pyridine rings is 1. The number of hydrogen-bond donors (Lipinski definition) is 1. The Bertz CT molecular complexity index is 492. The van der Waals surface area contributed by atoms with Crippen molar-refractivity contribution in [2.24, 2.45) is 0 Å². The molecule has 0 radical (unpaired) electrons. The lowest BCUT2D eigenvalue weighted by atomic mass is 10.0. The molecular formula is C13H14N2O. The number of benzene rings is 1. The first-order valence-corrected chi connectivity index (χ1v) is 5.08. The van der Waals surface area contributed by atoms with E-state index in [1.807, 2.05) is 43.3 Å². The molecule has 1 aromatic carbocycles. The maximum absolute atomic E-state index is 5.62. The van der Waals surface area contributed by atoms with Gasteiger partial charge in [-0.25, -0.2) is 4.98 Å². The van der Waals surface area contributed by atoms with Gasteiger partial charge in [0.1, 0.15) is 11.6 Å². The quantitative estimate of drug-likeness (QED) is 0.836. The molecule has 82 valence electrons. The van der Waals surface area contributed by atoms with Gasteiger partial charge in [0.2, 0.25) is 0 Å². The van der Waals surface area contributed by atoms with Crippen LogP contribution in [0.2, 0.25) is 0 Å². The van der Waals surface area contributed by atoms with Crippen molar-refractivity contribution in [3.05, 3.63) is 42.1 Å². The number of ether oxygens (including phenoxy) is 1. The number of anilines is 1. The van der Waals surface area contributed by atoms with Crippen LogP contribution in [0.25, 0.3) is 11.1 Å². The topological polar surface area (TPSA) is 48.1 Å². The number of nitrogen functional groups attached to an aromatic ring is 1. The number of hydrogen-bond acceptors (Lipinski definition) is 3. The standard InChI is InChI=1S/C13H14N2O/c1-9-12(7-8-13(14)15-9)10-3-5-11(16-2)6-4-10/h3-8H,1-2H3,(H2,14,15). The summed E-state index contributed by atoms with van der Waals surface area (Å²) < 4.78 is 5.12. The molecule has 0 saturated carbocycles. The van der Waals surface area contributed by atoms with Crippen LogP contribution < -0.4 is 10.5 Å². The van der Waals surface area contributed by atoms with E-state index in [0.717, 1.165) is 22.6 Å². The number of aryl methyl sites for hydroxylation is 1. The summed E-state index contributed by atoms with van der Waals surface area (Å²) in [6, 6.07) is 11.7. The fourth-order valence-electron chi connectivity index (χ4n) is 1.66. The third-order valence-electron chi connectivity index (χ3n) is 2.51. The predicted molar refractivity (Wildman–Crippen MR) is 65.4 cm³/mol. The van der Waals surface area contributed by atoms with Crippen molar-refractivity contribution < 1.29 is 4.74 Å². The fraction of sp³-hybridized carbons (Fsp3) is 0.154. The predicted octanol–water partition coefficient (Wildman–Crippen LogP) is 2.65. The van der Waals surface area contributed by atoms with Crippen LogP contribution in [0.15, 0.2) is 36.4 Å². The van der Waals surface area contributed by atoms with E-state index in [9.17, 15) is 0 Å². The van der Waals surface area contributed by atoms with E-state index in [-0.39, 0.29) is 0 Å². The van der Waals surface area contributed by atoms with E-state index < -0.39 is 0 Å². The molecule has 0 amide bonds. The lowest BCUT2D eigenvalue weighted by molar-refractivity contribution is 0.415. The van der Waals surface area contributed by atoms with Crippen molar-refractivity contribution in [2.45, 2.75) is 6.92 Å². The van der Waals surface area contributed by atoms with E-state index in [4.69, 9.17) is 10.5 Å². The van der Waals surface area contributed by atoms with Gasteiger partial charge in [-0.3, -0.25) is 0 Å². The van der Waals surface area contributed by atoms with Gasteiger partial charge in [0.15, 0.2) is 0 Å². The van der Waals surface area contributed by atoms with Crippen molar-refractivity contribution in [3.8, 4) is 16.9 Å². The van der Waals surface area contributed by atoms with E-state index in [2.05, 4.69) is 4.98 Å². The van der Waals surface area contributed by atoms with E-state index in [1.165, 1.54) is 0 Å². The molecule has 0 fully saturated rings. The summed E-state index contributed by atoms with van der Waals surface area (Å²) >= 11 is 0. The van der Waals surface area contributed by atoms with Crippen molar-refractivity contribution in [1.82, 2.24) is 4.98 Å². The average molecular weight is 214 g/mol. The molecule has 1 heterocycles. The summed E-state index contributed by atoms with van der Waals surface area (Å²) in [5, 5.41) is 0. The largest absolute Gasteiger partial charge is 0.497 e. The SMILES string of the molecule is COc1ccc(-c2ccc(N)nc2C)cc1. The number of aromatic nitrogens is 1. The minimum atomic E-state index is 0.551. The Balaban J connectivity index is 2.42. The molecule has 0 saturated heterocycles. The number of rotatable bonds is 2. The Morgan fingerprint density at radius 3 is 2.31 bits per heavy atom. The first-order chi connectivity index (χ1) is 7.70. The van der Waals surface area contributed by atoms with Crippen LogP contribution in [0.1, 0.15) is 5.69 Å². The molecule has 0 spiro atoms. The van der Waals surface area contributed by atoms with Gasteiger partial charge in [-0.2, -0.15) is 0 Å². The molecule has 0 aliphatic heterocycles. The second-order valence-corrected chi connectivity index (χ2v) is 3.60. The van der Waals surface area contributed by atoms with Crippen LogP contribution in [-0.4, -0.2) is 12.1 Å². The smallest absolute Gasteiger partial charge is 0.123 e. The Morgan fingerprint density at radius 1 is 1.06 bits per heavy atom. The van der Waals surface area contributed by atoms with Crippen molar-refractivity contribution >= 4 is 5.82 Å². The molecule has 2 rings (SSSR count). The van der Waals surface area contributed by atoms with Gasteiger partial charge in [0.05, 0.1) is 7.11 Å². The highest BCUT2D eigenvalue weighted by atomic mass is 16.5. The zero-order chi connectivity index (χ0) is 11.5. The third kappa shape index (κ3) is 1.98. The van der Waals surface area contributed by atoms with Crippen LogP contribution in [0.5, 0.6) is 5.75 Å². The minimum Gasteiger partial charge on any atom is -0.497 e. The molecular weight excluding hydrogens is 200 g/mol. The fourth-order valence-corrected chi connectivity index (χ4v) is 1.66. The van der Waals surface area contributed by atoms with Gasteiger partial charge in [-0.05, 0) is 36.8 Å². The first-order valence-electron chi connectivity index (χ1n) is 5.08. The molecule has 3 nitrogen and oxygen atoms in total. The number of nitrogens with two attached hydrogens (primary N) is 1. The number of nitrogens with zero attached hydrogens (tertiary/aromatic N) is 1. The minimum absolute atomic E-state index is 0.551. The van der Waals surface area contributed by atoms with Crippen LogP contribution in [-0.2, 0) is 0 Å². The normalized spacial score (nSPS) is 10.1.